The monoisotopic (exact) mass is 236 g/mol. The fourth-order valence-electron chi connectivity index (χ4n) is 2.05. The Bertz CT molecular complexity index is 304. The Hall–Kier alpha value is -0.800. The first-order valence-electron chi connectivity index (χ1n) is 6.73. The van der Waals surface area contributed by atoms with Gasteiger partial charge < -0.3 is 9.73 Å². The van der Waals surface area contributed by atoms with E-state index in [1.54, 1.807) is 6.26 Å². The zero-order chi connectivity index (χ0) is 12.1. The van der Waals surface area contributed by atoms with Gasteiger partial charge >= 0.3 is 0 Å². The molecule has 0 atom stereocenters. The van der Waals surface area contributed by atoms with Crippen LogP contribution in [-0.2, 0) is 6.54 Å². The fraction of sp³-hybridized carbons (Fsp3) is 0.714. The summed E-state index contributed by atoms with van der Waals surface area (Å²) in [6, 6.07) is 4.83. The molecule has 1 aliphatic carbocycles. The molecule has 3 heteroatoms. The minimum absolute atomic E-state index is 0.731. The maximum absolute atomic E-state index is 5.42. The summed E-state index contributed by atoms with van der Waals surface area (Å²) < 4.78 is 5.42. The number of nitrogens with one attached hydrogen (secondary N) is 1. The van der Waals surface area contributed by atoms with Crippen molar-refractivity contribution in [3.8, 4) is 0 Å². The van der Waals surface area contributed by atoms with Gasteiger partial charge in [-0.2, -0.15) is 0 Å². The minimum Gasteiger partial charge on any atom is -0.468 e. The Morgan fingerprint density at radius 2 is 2.29 bits per heavy atom. The number of nitrogens with zero attached hydrogens (tertiary/aromatic N) is 1. The lowest BCUT2D eigenvalue weighted by Gasteiger charge is -2.21. The van der Waals surface area contributed by atoms with Crippen LogP contribution in [0.15, 0.2) is 22.8 Å². The molecule has 0 aliphatic heterocycles. The largest absolute Gasteiger partial charge is 0.468 e. The van der Waals surface area contributed by atoms with Crippen molar-refractivity contribution in [3.05, 3.63) is 24.2 Å². The summed E-state index contributed by atoms with van der Waals surface area (Å²) in [6.07, 6.45) is 4.47. The van der Waals surface area contributed by atoms with E-state index in [0.29, 0.717) is 0 Å². The highest BCUT2D eigenvalue weighted by Crippen LogP contribution is 2.27. The summed E-state index contributed by atoms with van der Waals surface area (Å²) in [5.74, 6) is 1.82. The van der Waals surface area contributed by atoms with Crippen LogP contribution in [0.3, 0.4) is 0 Å². The molecule has 0 spiro atoms. The number of hydrogen-bond donors (Lipinski definition) is 1. The molecular weight excluding hydrogens is 212 g/mol. The van der Waals surface area contributed by atoms with Crippen LogP contribution in [-0.4, -0.2) is 30.6 Å². The molecule has 0 aromatic carbocycles. The Morgan fingerprint density at radius 1 is 1.47 bits per heavy atom. The summed E-state index contributed by atoms with van der Waals surface area (Å²) in [5, 5.41) is 3.51. The van der Waals surface area contributed by atoms with Crippen molar-refractivity contribution in [1.82, 2.24) is 10.2 Å². The maximum atomic E-state index is 5.42. The van der Waals surface area contributed by atoms with Crippen LogP contribution in [0.2, 0.25) is 0 Å². The third-order valence-corrected chi connectivity index (χ3v) is 3.13. The average molecular weight is 236 g/mol. The zero-order valence-electron chi connectivity index (χ0n) is 11.0. The molecular formula is C14H24N2O. The topological polar surface area (TPSA) is 28.4 Å². The summed E-state index contributed by atoms with van der Waals surface area (Å²) in [4.78, 5) is 2.53. The van der Waals surface area contributed by atoms with E-state index in [1.807, 2.05) is 6.07 Å². The second kappa shape index (κ2) is 6.22. The standard InChI is InChI=1S/C14H24N2O/c1-12(2)10-15-7-8-16(13-5-6-13)11-14-4-3-9-17-14/h3-4,9,12-13,15H,5-8,10-11H2,1-2H3. The van der Waals surface area contributed by atoms with E-state index >= 15 is 0 Å². The first-order chi connectivity index (χ1) is 8.25. The van der Waals surface area contributed by atoms with E-state index in [0.717, 1.165) is 43.9 Å². The lowest BCUT2D eigenvalue weighted by molar-refractivity contribution is 0.233. The van der Waals surface area contributed by atoms with Crippen LogP contribution in [0, 0.1) is 5.92 Å². The number of hydrogen-bond acceptors (Lipinski definition) is 3. The molecule has 1 aromatic rings. The highest BCUT2D eigenvalue weighted by molar-refractivity contribution is 4.99. The lowest BCUT2D eigenvalue weighted by atomic mass is 10.2. The van der Waals surface area contributed by atoms with Crippen LogP contribution >= 0.6 is 0 Å². The zero-order valence-corrected chi connectivity index (χ0v) is 11.0. The smallest absolute Gasteiger partial charge is 0.117 e. The molecule has 1 aliphatic rings. The van der Waals surface area contributed by atoms with E-state index in [-0.39, 0.29) is 0 Å². The lowest BCUT2D eigenvalue weighted by Crippen LogP contribution is -2.34. The van der Waals surface area contributed by atoms with Crippen molar-refractivity contribution in [2.75, 3.05) is 19.6 Å². The number of rotatable bonds is 8. The summed E-state index contributed by atoms with van der Waals surface area (Å²) >= 11 is 0. The molecule has 1 N–H and O–H groups in total. The molecule has 1 aromatic heterocycles. The average Bonchev–Trinajstić information content (AvgIpc) is 3.01. The Kier molecular flexibility index (Phi) is 4.63. The van der Waals surface area contributed by atoms with Gasteiger partial charge in [-0.3, -0.25) is 4.90 Å². The molecule has 3 nitrogen and oxygen atoms in total. The van der Waals surface area contributed by atoms with Crippen LogP contribution in [0.5, 0.6) is 0 Å². The summed E-state index contributed by atoms with van der Waals surface area (Å²) in [6.45, 7) is 8.76. The first-order valence-corrected chi connectivity index (χ1v) is 6.73. The van der Waals surface area contributed by atoms with Crippen molar-refractivity contribution < 1.29 is 4.42 Å². The van der Waals surface area contributed by atoms with Gasteiger partial charge in [-0.1, -0.05) is 13.8 Å². The molecule has 0 unspecified atom stereocenters. The van der Waals surface area contributed by atoms with E-state index in [1.165, 1.54) is 12.8 Å². The Labute approximate surface area is 104 Å². The van der Waals surface area contributed by atoms with E-state index in [4.69, 9.17) is 4.42 Å². The van der Waals surface area contributed by atoms with Gasteiger partial charge in [0.15, 0.2) is 0 Å². The normalized spacial score (nSPS) is 16.0. The molecule has 0 amide bonds. The molecule has 17 heavy (non-hydrogen) atoms. The van der Waals surface area contributed by atoms with Gasteiger partial charge in [0.05, 0.1) is 12.8 Å². The van der Waals surface area contributed by atoms with E-state index in [2.05, 4.69) is 30.1 Å². The van der Waals surface area contributed by atoms with Crippen LogP contribution in [0.25, 0.3) is 0 Å². The van der Waals surface area contributed by atoms with Crippen LogP contribution in [0.4, 0.5) is 0 Å². The highest BCUT2D eigenvalue weighted by Gasteiger charge is 2.28. The quantitative estimate of drug-likeness (QED) is 0.703. The van der Waals surface area contributed by atoms with E-state index in [9.17, 15) is 0 Å². The first kappa shape index (κ1) is 12.7. The van der Waals surface area contributed by atoms with Gasteiger partial charge in [0.1, 0.15) is 5.76 Å². The molecule has 1 saturated carbocycles. The van der Waals surface area contributed by atoms with Gasteiger partial charge in [0.25, 0.3) is 0 Å². The van der Waals surface area contributed by atoms with Crippen molar-refractivity contribution in [2.45, 2.75) is 39.3 Å². The van der Waals surface area contributed by atoms with Crippen molar-refractivity contribution >= 4 is 0 Å². The van der Waals surface area contributed by atoms with Crippen molar-refractivity contribution in [2.24, 2.45) is 5.92 Å². The summed E-state index contributed by atoms with van der Waals surface area (Å²) in [5.41, 5.74) is 0. The van der Waals surface area contributed by atoms with Gasteiger partial charge in [-0.25, -0.2) is 0 Å². The summed E-state index contributed by atoms with van der Waals surface area (Å²) in [7, 11) is 0. The van der Waals surface area contributed by atoms with E-state index < -0.39 is 0 Å². The van der Waals surface area contributed by atoms with Crippen LogP contribution in [0.1, 0.15) is 32.4 Å². The fourth-order valence-corrected chi connectivity index (χ4v) is 2.05. The Morgan fingerprint density at radius 3 is 2.88 bits per heavy atom. The molecule has 1 fully saturated rings. The second-order valence-electron chi connectivity index (χ2n) is 5.38. The third-order valence-electron chi connectivity index (χ3n) is 3.13. The predicted molar refractivity (Wildman–Crippen MR) is 69.8 cm³/mol. The molecule has 1 heterocycles. The Balaban J connectivity index is 1.70. The van der Waals surface area contributed by atoms with Gasteiger partial charge in [-0.15, -0.1) is 0 Å². The number of furan rings is 1. The van der Waals surface area contributed by atoms with Gasteiger partial charge in [0, 0.05) is 19.1 Å². The van der Waals surface area contributed by atoms with Gasteiger partial charge in [-0.05, 0) is 37.4 Å². The second-order valence-corrected chi connectivity index (χ2v) is 5.38. The third kappa shape index (κ3) is 4.52. The van der Waals surface area contributed by atoms with Crippen molar-refractivity contribution in [1.29, 1.82) is 0 Å². The molecule has 0 radical (unpaired) electrons. The SMILES string of the molecule is CC(C)CNCCN(Cc1ccco1)C1CC1. The molecule has 0 bridgehead atoms. The van der Waals surface area contributed by atoms with Crippen LogP contribution < -0.4 is 5.32 Å². The van der Waals surface area contributed by atoms with Gasteiger partial charge in [0.2, 0.25) is 0 Å². The maximum Gasteiger partial charge on any atom is 0.117 e. The molecule has 96 valence electrons. The highest BCUT2D eigenvalue weighted by atomic mass is 16.3. The van der Waals surface area contributed by atoms with Crippen molar-refractivity contribution in [3.63, 3.8) is 0 Å². The minimum atomic E-state index is 0.731. The predicted octanol–water partition coefficient (Wildman–Crippen LogP) is 2.49. The molecule has 0 saturated heterocycles. The molecule has 2 rings (SSSR count).